The molecule has 158 valence electrons. The number of ether oxygens (including phenoxy) is 3. The van der Waals surface area contributed by atoms with E-state index in [1.54, 1.807) is 7.11 Å². The number of benzene rings is 3. The number of carbonyl (C=O) groups excluding carboxylic acids is 1. The molecule has 0 amide bonds. The van der Waals surface area contributed by atoms with Crippen LogP contribution >= 0.6 is 0 Å². The van der Waals surface area contributed by atoms with Crippen molar-refractivity contribution in [2.75, 3.05) is 13.9 Å². The fourth-order valence-electron chi connectivity index (χ4n) is 4.48. The first-order chi connectivity index (χ1) is 15.1. The first kappa shape index (κ1) is 19.7. The van der Waals surface area contributed by atoms with E-state index in [9.17, 15) is 4.79 Å². The molecule has 0 radical (unpaired) electrons. The molecule has 4 heteroatoms. The summed E-state index contributed by atoms with van der Waals surface area (Å²) in [5, 5.41) is 0. The van der Waals surface area contributed by atoms with E-state index in [0.717, 1.165) is 53.2 Å². The van der Waals surface area contributed by atoms with Crippen LogP contribution in [0.2, 0.25) is 0 Å². The van der Waals surface area contributed by atoms with Gasteiger partial charge in [-0.15, -0.1) is 0 Å². The predicted molar refractivity (Wildman–Crippen MR) is 120 cm³/mol. The minimum Gasteiger partial charge on any atom is -0.497 e. The monoisotopic (exact) mass is 414 g/mol. The fourth-order valence-corrected chi connectivity index (χ4v) is 4.48. The second-order valence-electron chi connectivity index (χ2n) is 8.32. The average molecular weight is 415 g/mol. The number of hydrogen-bond acceptors (Lipinski definition) is 4. The molecule has 1 fully saturated rings. The van der Waals surface area contributed by atoms with Crippen molar-refractivity contribution in [1.29, 1.82) is 0 Å². The Morgan fingerprint density at radius 2 is 1.74 bits per heavy atom. The highest BCUT2D eigenvalue weighted by Gasteiger charge is 2.50. The van der Waals surface area contributed by atoms with Crippen LogP contribution in [0.15, 0.2) is 60.7 Å². The lowest BCUT2D eigenvalue weighted by Gasteiger charge is -2.16. The lowest BCUT2D eigenvalue weighted by atomic mass is 9.86. The van der Waals surface area contributed by atoms with Gasteiger partial charge in [0.15, 0.2) is 11.5 Å². The Morgan fingerprint density at radius 3 is 2.45 bits per heavy atom. The molecule has 0 saturated heterocycles. The summed E-state index contributed by atoms with van der Waals surface area (Å²) in [7, 11) is 1.67. The van der Waals surface area contributed by atoms with Crippen LogP contribution in [0.5, 0.6) is 17.2 Å². The molecule has 1 aliphatic heterocycles. The van der Waals surface area contributed by atoms with Gasteiger partial charge >= 0.3 is 0 Å². The van der Waals surface area contributed by atoms with E-state index in [1.807, 2.05) is 30.3 Å². The quantitative estimate of drug-likeness (QED) is 0.512. The zero-order valence-corrected chi connectivity index (χ0v) is 17.9. The molecule has 0 spiro atoms. The second kappa shape index (κ2) is 7.77. The molecule has 0 N–H and O–H groups in total. The molecule has 1 saturated carbocycles. The molecular formula is C27H26O4. The third-order valence-corrected chi connectivity index (χ3v) is 6.53. The number of ketones is 1. The van der Waals surface area contributed by atoms with Crippen LogP contribution in [0, 0.1) is 0 Å². The van der Waals surface area contributed by atoms with Gasteiger partial charge in [-0.1, -0.05) is 43.3 Å². The maximum Gasteiger partial charge on any atom is 0.231 e. The number of Topliss-reactive ketones (excluding diaryl/α,β-unsaturated/α-hetero) is 1. The lowest BCUT2D eigenvalue weighted by molar-refractivity contribution is -0.120. The van der Waals surface area contributed by atoms with Crippen LogP contribution in [0.25, 0.3) is 11.1 Å². The largest absolute Gasteiger partial charge is 0.497 e. The number of fused-ring (bicyclic) bond motifs is 1. The van der Waals surface area contributed by atoms with Crippen molar-refractivity contribution in [2.45, 2.75) is 38.0 Å². The van der Waals surface area contributed by atoms with Crippen molar-refractivity contribution >= 4 is 5.78 Å². The van der Waals surface area contributed by atoms with E-state index in [4.69, 9.17) is 14.2 Å². The van der Waals surface area contributed by atoms with E-state index in [0.29, 0.717) is 6.42 Å². The molecule has 0 atom stereocenters. The Balaban J connectivity index is 1.41. The van der Waals surface area contributed by atoms with E-state index in [1.165, 1.54) is 11.1 Å². The van der Waals surface area contributed by atoms with Crippen molar-refractivity contribution in [3.8, 4) is 28.4 Å². The number of methoxy groups -OCH3 is 1. The van der Waals surface area contributed by atoms with Crippen LogP contribution in [-0.4, -0.2) is 19.7 Å². The van der Waals surface area contributed by atoms with Gasteiger partial charge in [0, 0.05) is 6.42 Å². The fraction of sp³-hybridized carbons (Fsp3) is 0.296. The second-order valence-corrected chi connectivity index (χ2v) is 8.32. The van der Waals surface area contributed by atoms with Gasteiger partial charge in [-0.2, -0.15) is 0 Å². The zero-order chi connectivity index (χ0) is 21.4. The number of hydrogen-bond donors (Lipinski definition) is 0. The third kappa shape index (κ3) is 3.56. The minimum atomic E-state index is -0.384. The standard InChI is InChI=1S/C27H26O4/c1-3-19-5-4-18(14-23(19)20-6-9-22(29-2)10-7-20)15-26(28)27(12-13-27)21-8-11-24-25(16-21)31-17-30-24/h4-11,14,16H,3,12-13,15,17H2,1-2H3. The first-order valence-electron chi connectivity index (χ1n) is 10.8. The molecule has 0 unspecified atom stereocenters. The normalized spacial score (nSPS) is 15.5. The predicted octanol–water partition coefficient (Wildman–Crippen LogP) is 5.50. The van der Waals surface area contributed by atoms with E-state index < -0.39 is 0 Å². The van der Waals surface area contributed by atoms with Gasteiger partial charge in [0.05, 0.1) is 12.5 Å². The van der Waals surface area contributed by atoms with Gasteiger partial charge in [-0.3, -0.25) is 4.79 Å². The summed E-state index contributed by atoms with van der Waals surface area (Å²) in [6, 6.07) is 20.5. The van der Waals surface area contributed by atoms with Gasteiger partial charge in [-0.05, 0) is 71.3 Å². The van der Waals surface area contributed by atoms with Crippen molar-refractivity contribution in [3.05, 3.63) is 77.4 Å². The summed E-state index contributed by atoms with van der Waals surface area (Å²) in [4.78, 5) is 13.4. The maximum absolute atomic E-state index is 13.4. The highest BCUT2D eigenvalue weighted by Crippen LogP contribution is 2.51. The van der Waals surface area contributed by atoms with Gasteiger partial charge in [0.25, 0.3) is 0 Å². The Kier molecular flexibility index (Phi) is 4.93. The average Bonchev–Trinajstić information content (AvgIpc) is 3.50. The summed E-state index contributed by atoms with van der Waals surface area (Å²) in [6.07, 6.45) is 3.16. The van der Waals surface area contributed by atoms with Crippen molar-refractivity contribution < 1.29 is 19.0 Å². The molecule has 3 aromatic rings. The number of carbonyl (C=O) groups is 1. The molecule has 1 aliphatic carbocycles. The van der Waals surface area contributed by atoms with E-state index >= 15 is 0 Å². The Labute approximate surface area is 182 Å². The summed E-state index contributed by atoms with van der Waals surface area (Å²) in [5.74, 6) is 2.61. The molecule has 5 rings (SSSR count). The Hall–Kier alpha value is -3.27. The van der Waals surface area contributed by atoms with Crippen LogP contribution in [-0.2, 0) is 23.1 Å². The lowest BCUT2D eigenvalue weighted by Crippen LogP contribution is -2.22. The van der Waals surface area contributed by atoms with E-state index in [-0.39, 0.29) is 18.0 Å². The number of aryl methyl sites for hydroxylation is 1. The van der Waals surface area contributed by atoms with Crippen LogP contribution in [0.1, 0.15) is 36.5 Å². The van der Waals surface area contributed by atoms with Crippen LogP contribution in [0.3, 0.4) is 0 Å². The molecule has 0 bridgehead atoms. The van der Waals surface area contributed by atoms with Gasteiger partial charge in [0.2, 0.25) is 6.79 Å². The SMILES string of the molecule is CCc1ccc(CC(=O)C2(c3ccc4c(c3)OCO4)CC2)cc1-c1ccc(OC)cc1. The molecule has 4 nitrogen and oxygen atoms in total. The third-order valence-electron chi connectivity index (χ3n) is 6.53. The molecular weight excluding hydrogens is 388 g/mol. The molecule has 0 aromatic heterocycles. The van der Waals surface area contributed by atoms with Gasteiger partial charge in [0.1, 0.15) is 11.5 Å². The Bertz CT molecular complexity index is 1130. The van der Waals surface area contributed by atoms with Crippen molar-refractivity contribution in [1.82, 2.24) is 0 Å². The molecule has 1 heterocycles. The summed E-state index contributed by atoms with van der Waals surface area (Å²) in [6.45, 7) is 2.41. The van der Waals surface area contributed by atoms with E-state index in [2.05, 4.69) is 37.3 Å². The van der Waals surface area contributed by atoms with Gasteiger partial charge in [-0.25, -0.2) is 0 Å². The highest BCUT2D eigenvalue weighted by atomic mass is 16.7. The number of rotatable bonds is 7. The van der Waals surface area contributed by atoms with Crippen LogP contribution < -0.4 is 14.2 Å². The molecule has 2 aliphatic rings. The minimum absolute atomic E-state index is 0.248. The van der Waals surface area contributed by atoms with Crippen molar-refractivity contribution in [3.63, 3.8) is 0 Å². The summed E-state index contributed by atoms with van der Waals surface area (Å²) < 4.78 is 16.2. The maximum atomic E-state index is 13.4. The molecule has 3 aromatic carbocycles. The highest BCUT2D eigenvalue weighted by molar-refractivity contribution is 5.95. The van der Waals surface area contributed by atoms with Crippen molar-refractivity contribution in [2.24, 2.45) is 0 Å². The summed E-state index contributed by atoms with van der Waals surface area (Å²) in [5.41, 5.74) is 5.32. The topological polar surface area (TPSA) is 44.8 Å². The summed E-state index contributed by atoms with van der Waals surface area (Å²) >= 11 is 0. The van der Waals surface area contributed by atoms with Gasteiger partial charge < -0.3 is 14.2 Å². The molecule has 31 heavy (non-hydrogen) atoms. The zero-order valence-electron chi connectivity index (χ0n) is 17.9. The first-order valence-corrected chi connectivity index (χ1v) is 10.8. The smallest absolute Gasteiger partial charge is 0.231 e. The van der Waals surface area contributed by atoms with Crippen LogP contribution in [0.4, 0.5) is 0 Å². The Morgan fingerprint density at radius 1 is 0.968 bits per heavy atom.